The van der Waals surface area contributed by atoms with Gasteiger partial charge in [-0.2, -0.15) is 0 Å². The maximum absolute atomic E-state index is 2.18. The van der Waals surface area contributed by atoms with Gasteiger partial charge in [0.25, 0.3) is 0 Å². The Morgan fingerprint density at radius 1 is 1.15 bits per heavy atom. The Balaban J connectivity index is 2.16. The maximum atomic E-state index is 2.18. The molecule has 0 N–H and O–H groups in total. The summed E-state index contributed by atoms with van der Waals surface area (Å²) in [5.74, 6) is 0. The largest absolute Gasteiger partial charge is 0.0877 e. The smallest absolute Gasteiger partial charge is 0.0106 e. The van der Waals surface area contributed by atoms with Crippen LogP contribution in [0, 0.1) is 0 Å². The van der Waals surface area contributed by atoms with Gasteiger partial charge in [-0.3, -0.25) is 0 Å². The predicted molar refractivity (Wildman–Crippen MR) is 61.1 cm³/mol. The third-order valence-electron chi connectivity index (χ3n) is 1.98. The van der Waals surface area contributed by atoms with Crippen LogP contribution in [0.5, 0.6) is 0 Å². The van der Waals surface area contributed by atoms with Gasteiger partial charge in [0.05, 0.1) is 0 Å². The third-order valence-corrected chi connectivity index (χ3v) is 3.24. The van der Waals surface area contributed by atoms with E-state index < -0.39 is 0 Å². The van der Waals surface area contributed by atoms with E-state index in [1.54, 1.807) is 0 Å². The highest BCUT2D eigenvalue weighted by Crippen LogP contribution is 2.21. The van der Waals surface area contributed by atoms with Crippen LogP contribution < -0.4 is 5.30 Å². The first-order valence-corrected chi connectivity index (χ1v) is 5.29. The number of hydrogen-bond acceptors (Lipinski definition) is 0. The second-order valence-corrected chi connectivity index (χ2v) is 4.09. The van der Waals surface area contributed by atoms with Crippen LogP contribution in [0.15, 0.2) is 48.6 Å². The molecule has 0 bridgehead atoms. The maximum Gasteiger partial charge on any atom is 0.0106 e. The molecule has 0 spiro atoms. The highest BCUT2D eigenvalue weighted by molar-refractivity contribution is 7.54. The van der Waals surface area contributed by atoms with Crippen molar-refractivity contribution in [3.05, 3.63) is 54.1 Å². The normalized spacial score (nSPS) is 15.6. The summed E-state index contributed by atoms with van der Waals surface area (Å²) in [6, 6.07) is 8.56. The molecule has 64 valence electrons. The molecule has 1 aliphatic rings. The van der Waals surface area contributed by atoms with Crippen LogP contribution in [-0.2, 0) is 0 Å². The minimum atomic E-state index is 1.37. The zero-order chi connectivity index (χ0) is 9.10. The Morgan fingerprint density at radius 2 is 2.00 bits per heavy atom. The summed E-state index contributed by atoms with van der Waals surface area (Å²) in [6.07, 6.45) is 8.38. The highest BCUT2D eigenvalue weighted by Gasteiger charge is 2.12. The van der Waals surface area contributed by atoms with Gasteiger partial charge in [-0.05, 0) is 24.6 Å². The molecule has 1 heteroatoms. The van der Waals surface area contributed by atoms with Crippen LogP contribution in [0.2, 0.25) is 0 Å². The number of benzene rings is 1. The van der Waals surface area contributed by atoms with Gasteiger partial charge in [-0.1, -0.05) is 44.6 Å². The van der Waals surface area contributed by atoms with Crippen LogP contribution in [0.25, 0.3) is 0 Å². The van der Waals surface area contributed by atoms with Gasteiger partial charge in [0.15, 0.2) is 0 Å². The van der Waals surface area contributed by atoms with E-state index in [-0.39, 0.29) is 0 Å². The molecule has 0 saturated heterocycles. The lowest BCUT2D eigenvalue weighted by molar-refractivity contribution is 1.71. The van der Waals surface area contributed by atoms with Crippen LogP contribution >= 0.6 is 8.20 Å². The minimum Gasteiger partial charge on any atom is -0.0877 e. The first-order valence-electron chi connectivity index (χ1n) is 4.39. The molecular formula is C12H11P. The molecule has 13 heavy (non-hydrogen) atoms. The van der Waals surface area contributed by atoms with Gasteiger partial charge in [-0.25, -0.2) is 0 Å². The first-order chi connectivity index (χ1) is 6.42. The van der Waals surface area contributed by atoms with Crippen molar-refractivity contribution in [3.8, 4) is 0 Å². The molecule has 0 nitrogen and oxygen atoms in total. The molecule has 0 aromatic heterocycles. The molecule has 1 aromatic rings. The molecule has 0 unspecified atom stereocenters. The molecule has 0 aliphatic carbocycles. The van der Waals surface area contributed by atoms with E-state index in [1.807, 2.05) is 13.0 Å². The van der Waals surface area contributed by atoms with Crippen molar-refractivity contribution in [2.45, 2.75) is 6.92 Å². The van der Waals surface area contributed by atoms with Gasteiger partial charge in [0.1, 0.15) is 0 Å². The summed E-state index contributed by atoms with van der Waals surface area (Å²) in [4.78, 5) is 0. The summed E-state index contributed by atoms with van der Waals surface area (Å²) in [7, 11) is 1.37. The van der Waals surface area contributed by atoms with Gasteiger partial charge < -0.3 is 0 Å². The molecule has 0 saturated carbocycles. The van der Waals surface area contributed by atoms with Crippen molar-refractivity contribution >= 4 is 18.8 Å². The first kappa shape index (κ1) is 8.47. The monoisotopic (exact) mass is 186 g/mol. The summed E-state index contributed by atoms with van der Waals surface area (Å²) in [5.41, 5.74) is 1.41. The highest BCUT2D eigenvalue weighted by atomic mass is 31.1. The average molecular weight is 186 g/mol. The van der Waals surface area contributed by atoms with Crippen LogP contribution in [-0.4, -0.2) is 5.29 Å². The zero-order valence-corrected chi connectivity index (χ0v) is 8.46. The fourth-order valence-electron chi connectivity index (χ4n) is 1.31. The van der Waals surface area contributed by atoms with Crippen LogP contribution in [0.3, 0.4) is 0 Å². The molecular weight excluding hydrogens is 175 g/mol. The number of allylic oxidation sites excluding steroid dienone is 4. The Hall–Kier alpha value is -1.13. The second-order valence-electron chi connectivity index (χ2n) is 2.90. The van der Waals surface area contributed by atoms with E-state index >= 15 is 0 Å². The van der Waals surface area contributed by atoms with Gasteiger partial charge in [0.2, 0.25) is 0 Å². The second kappa shape index (κ2) is 3.72. The van der Waals surface area contributed by atoms with Crippen molar-refractivity contribution < 1.29 is 0 Å². The van der Waals surface area contributed by atoms with Gasteiger partial charge >= 0.3 is 0 Å². The molecule has 1 heterocycles. The lowest BCUT2D eigenvalue weighted by Gasteiger charge is -2.14. The van der Waals surface area contributed by atoms with Gasteiger partial charge in [-0.15, -0.1) is 0 Å². The molecule has 1 aromatic carbocycles. The molecule has 0 fully saturated rings. The summed E-state index contributed by atoms with van der Waals surface area (Å²) in [6.45, 7) is 2.03. The van der Waals surface area contributed by atoms with Crippen molar-refractivity contribution in [1.82, 2.24) is 0 Å². The van der Waals surface area contributed by atoms with Gasteiger partial charge in [0, 0.05) is 10.6 Å². The Kier molecular flexibility index (Phi) is 2.42. The Morgan fingerprint density at radius 3 is 2.77 bits per heavy atom. The minimum absolute atomic E-state index is 1.37. The zero-order valence-electron chi connectivity index (χ0n) is 7.57. The van der Waals surface area contributed by atoms with E-state index in [4.69, 9.17) is 0 Å². The number of hydrogen-bond donors (Lipinski definition) is 0. The van der Waals surface area contributed by atoms with Crippen molar-refractivity contribution in [1.29, 1.82) is 0 Å². The lowest BCUT2D eigenvalue weighted by Crippen LogP contribution is -2.16. The van der Waals surface area contributed by atoms with Crippen molar-refractivity contribution in [3.63, 3.8) is 0 Å². The average Bonchev–Trinajstić information content (AvgIpc) is 2.13. The third kappa shape index (κ3) is 1.64. The van der Waals surface area contributed by atoms with E-state index in [0.29, 0.717) is 0 Å². The number of fused-ring (bicyclic) bond motifs is 1. The summed E-state index contributed by atoms with van der Waals surface area (Å²) < 4.78 is 0. The Bertz CT molecular complexity index is 397. The summed E-state index contributed by atoms with van der Waals surface area (Å²) in [5, 5.41) is 2.87. The summed E-state index contributed by atoms with van der Waals surface area (Å²) >= 11 is 0. The van der Waals surface area contributed by atoms with Crippen LogP contribution in [0.4, 0.5) is 0 Å². The quantitative estimate of drug-likeness (QED) is 0.492. The predicted octanol–water partition coefficient (Wildman–Crippen LogP) is 2.92. The molecule has 0 amide bonds. The topological polar surface area (TPSA) is 0 Å². The van der Waals surface area contributed by atoms with E-state index in [9.17, 15) is 0 Å². The Labute approximate surface area is 80.4 Å². The van der Waals surface area contributed by atoms with Crippen molar-refractivity contribution in [2.24, 2.45) is 0 Å². The van der Waals surface area contributed by atoms with Crippen molar-refractivity contribution in [2.75, 3.05) is 0 Å². The standard InChI is InChI=1S/C12H11P/c1-2-3-4-8-11-10-7-5-6-9-12(10)13-11/h2-9H,1H3/b3-2-,8-4-. The van der Waals surface area contributed by atoms with E-state index in [1.165, 1.54) is 24.4 Å². The van der Waals surface area contributed by atoms with E-state index in [2.05, 4.69) is 42.5 Å². The number of rotatable bonds is 2. The van der Waals surface area contributed by atoms with E-state index in [0.717, 1.165) is 0 Å². The molecule has 2 rings (SSSR count). The molecule has 1 aliphatic heterocycles. The molecule has 0 atom stereocenters. The van der Waals surface area contributed by atoms with Crippen LogP contribution in [0.1, 0.15) is 12.5 Å². The molecule has 0 radical (unpaired) electrons. The SMILES string of the molecule is C/C=C\C=C/C1=Pc2ccccc21. The fourth-order valence-corrected chi connectivity index (χ4v) is 2.35. The lowest BCUT2D eigenvalue weighted by atomic mass is 10.1. The fraction of sp³-hybridized carbons (Fsp3) is 0.0833.